The number of nitrogens with zero attached hydrogens (tertiary/aromatic N) is 2. The fraction of sp³-hybridized carbons (Fsp3) is 0.600. The van der Waals surface area contributed by atoms with Crippen LogP contribution >= 0.6 is 11.8 Å². The van der Waals surface area contributed by atoms with Crippen LogP contribution in [0.3, 0.4) is 0 Å². The molecular formula is C20H29N3O4S2. The molecule has 1 saturated heterocycles. The molecule has 1 atom stereocenters. The molecule has 1 aromatic rings. The van der Waals surface area contributed by atoms with Crippen molar-refractivity contribution in [1.82, 2.24) is 14.6 Å². The summed E-state index contributed by atoms with van der Waals surface area (Å²) in [5.74, 6) is -0.0294. The lowest BCUT2D eigenvalue weighted by Crippen LogP contribution is -2.40. The second-order valence-corrected chi connectivity index (χ2v) is 10.6. The van der Waals surface area contributed by atoms with Crippen molar-refractivity contribution in [2.24, 2.45) is 0 Å². The Labute approximate surface area is 177 Å². The zero-order valence-corrected chi connectivity index (χ0v) is 18.4. The first-order valence-corrected chi connectivity index (χ1v) is 12.4. The molecule has 2 heterocycles. The molecule has 0 aromatic carbocycles. The number of amides is 1. The van der Waals surface area contributed by atoms with Gasteiger partial charge in [-0.15, -0.1) is 0 Å². The molecule has 1 aliphatic carbocycles. The summed E-state index contributed by atoms with van der Waals surface area (Å²) < 4.78 is 31.9. The molecule has 7 nitrogen and oxygen atoms in total. The third kappa shape index (κ3) is 6.28. The van der Waals surface area contributed by atoms with Gasteiger partial charge in [-0.25, -0.2) is 13.4 Å². The Morgan fingerprint density at radius 2 is 2.10 bits per heavy atom. The van der Waals surface area contributed by atoms with Crippen molar-refractivity contribution in [3.63, 3.8) is 0 Å². The number of hydrogen-bond acceptors (Lipinski definition) is 6. The topological polar surface area (TPSA) is 88.6 Å². The highest BCUT2D eigenvalue weighted by atomic mass is 32.2. The largest absolute Gasteiger partial charge is 0.379 e. The van der Waals surface area contributed by atoms with Crippen molar-refractivity contribution in [3.8, 4) is 0 Å². The SMILES string of the molecule is C[C@@H](Sc1ccc(S(=O)(=O)N2CCOCC2)cn1)C(=O)NCCC1=CCCCC1. The molecule has 1 amide bonds. The van der Waals surface area contributed by atoms with Gasteiger partial charge in [0.2, 0.25) is 15.9 Å². The van der Waals surface area contributed by atoms with Crippen molar-refractivity contribution in [1.29, 1.82) is 0 Å². The monoisotopic (exact) mass is 439 g/mol. The molecule has 0 saturated carbocycles. The lowest BCUT2D eigenvalue weighted by atomic mass is 9.97. The third-order valence-corrected chi connectivity index (χ3v) is 8.05. The summed E-state index contributed by atoms with van der Waals surface area (Å²) in [5, 5.41) is 3.31. The molecule has 160 valence electrons. The summed E-state index contributed by atoms with van der Waals surface area (Å²) in [6.45, 7) is 4.01. The predicted molar refractivity (Wildman–Crippen MR) is 113 cm³/mol. The summed E-state index contributed by atoms with van der Waals surface area (Å²) in [6.07, 6.45) is 9.38. The van der Waals surface area contributed by atoms with Gasteiger partial charge >= 0.3 is 0 Å². The summed E-state index contributed by atoms with van der Waals surface area (Å²) in [4.78, 5) is 16.7. The van der Waals surface area contributed by atoms with Crippen molar-refractivity contribution in [2.75, 3.05) is 32.8 Å². The first-order chi connectivity index (χ1) is 14.0. The Morgan fingerprint density at radius 3 is 2.76 bits per heavy atom. The van der Waals surface area contributed by atoms with Gasteiger partial charge in [-0.3, -0.25) is 4.79 Å². The van der Waals surface area contributed by atoms with E-state index in [1.54, 1.807) is 12.1 Å². The van der Waals surface area contributed by atoms with E-state index in [4.69, 9.17) is 4.74 Å². The van der Waals surface area contributed by atoms with E-state index >= 15 is 0 Å². The highest BCUT2D eigenvalue weighted by Crippen LogP contribution is 2.24. The molecule has 9 heteroatoms. The number of pyridine rings is 1. The minimum absolute atomic E-state index is 0.0294. The maximum absolute atomic E-state index is 12.6. The quantitative estimate of drug-likeness (QED) is 0.495. The van der Waals surface area contributed by atoms with Crippen LogP contribution in [0.2, 0.25) is 0 Å². The van der Waals surface area contributed by atoms with E-state index in [1.807, 2.05) is 6.92 Å². The zero-order valence-electron chi connectivity index (χ0n) is 16.8. The number of carbonyl (C=O) groups excluding carboxylic acids is 1. The van der Waals surface area contributed by atoms with E-state index in [1.165, 1.54) is 40.7 Å². The summed E-state index contributed by atoms with van der Waals surface area (Å²) in [7, 11) is -3.55. The fourth-order valence-electron chi connectivity index (χ4n) is 3.38. The molecule has 0 unspecified atom stereocenters. The van der Waals surface area contributed by atoms with Crippen LogP contribution in [0.1, 0.15) is 39.0 Å². The summed E-state index contributed by atoms with van der Waals surface area (Å²) in [5.41, 5.74) is 1.44. The van der Waals surface area contributed by atoms with Crippen LogP contribution in [0.25, 0.3) is 0 Å². The van der Waals surface area contributed by atoms with Crippen molar-refractivity contribution in [3.05, 3.63) is 30.0 Å². The Bertz CT molecular complexity index is 819. The third-order valence-electron chi connectivity index (χ3n) is 5.11. The van der Waals surface area contributed by atoms with E-state index in [0.29, 0.717) is 37.9 Å². The smallest absolute Gasteiger partial charge is 0.244 e. The second kappa shape index (κ2) is 10.6. The molecule has 1 aromatic heterocycles. The van der Waals surface area contributed by atoms with E-state index in [9.17, 15) is 13.2 Å². The number of nitrogens with one attached hydrogen (secondary N) is 1. The molecule has 0 bridgehead atoms. The molecule has 0 spiro atoms. The van der Waals surface area contributed by atoms with Crippen LogP contribution in [0, 0.1) is 0 Å². The predicted octanol–water partition coefficient (Wildman–Crippen LogP) is 2.59. The van der Waals surface area contributed by atoms with Gasteiger partial charge in [0.1, 0.15) is 4.90 Å². The van der Waals surface area contributed by atoms with Gasteiger partial charge in [0.15, 0.2) is 0 Å². The Morgan fingerprint density at radius 1 is 1.31 bits per heavy atom. The first-order valence-electron chi connectivity index (χ1n) is 10.1. The first kappa shape index (κ1) is 22.3. The summed E-state index contributed by atoms with van der Waals surface area (Å²) >= 11 is 1.33. The maximum atomic E-state index is 12.6. The number of hydrogen-bond donors (Lipinski definition) is 1. The minimum Gasteiger partial charge on any atom is -0.379 e. The molecule has 3 rings (SSSR count). The number of morpholine rings is 1. The van der Waals surface area contributed by atoms with Crippen molar-refractivity contribution in [2.45, 2.75) is 54.2 Å². The summed E-state index contributed by atoms with van der Waals surface area (Å²) in [6, 6.07) is 3.22. The van der Waals surface area contributed by atoms with Gasteiger partial charge in [-0.2, -0.15) is 4.31 Å². The standard InChI is InChI=1S/C20H29N3O4S2/c1-16(20(24)21-10-9-17-5-3-2-4-6-17)28-19-8-7-18(15-22-19)29(25,26)23-11-13-27-14-12-23/h5,7-8,15-16H,2-4,6,9-14H2,1H3,(H,21,24)/t16-/m1/s1. The van der Waals surface area contributed by atoms with Crippen molar-refractivity contribution >= 4 is 27.7 Å². The molecule has 29 heavy (non-hydrogen) atoms. The number of rotatable bonds is 8. The van der Waals surface area contributed by atoms with Crippen LogP contribution in [0.15, 0.2) is 39.9 Å². The molecule has 2 aliphatic rings. The van der Waals surface area contributed by atoms with Gasteiger partial charge in [-0.05, 0) is 51.2 Å². The minimum atomic E-state index is -3.55. The highest BCUT2D eigenvalue weighted by molar-refractivity contribution is 8.00. The second-order valence-electron chi connectivity index (χ2n) is 7.26. The van der Waals surface area contributed by atoms with E-state index in [2.05, 4.69) is 16.4 Å². The van der Waals surface area contributed by atoms with Crippen LogP contribution in [-0.2, 0) is 19.6 Å². The Hall–Kier alpha value is -1.42. The van der Waals surface area contributed by atoms with E-state index in [-0.39, 0.29) is 16.1 Å². The average Bonchev–Trinajstić information content (AvgIpc) is 2.75. The highest BCUT2D eigenvalue weighted by Gasteiger charge is 2.26. The number of sulfonamides is 1. The maximum Gasteiger partial charge on any atom is 0.244 e. The van der Waals surface area contributed by atoms with Crippen molar-refractivity contribution < 1.29 is 17.9 Å². The van der Waals surface area contributed by atoms with Crippen LogP contribution < -0.4 is 5.32 Å². The number of carbonyl (C=O) groups is 1. The van der Waals surface area contributed by atoms with Gasteiger partial charge in [0.25, 0.3) is 0 Å². The molecule has 1 aliphatic heterocycles. The van der Waals surface area contributed by atoms with Gasteiger partial charge in [0.05, 0.1) is 23.5 Å². The van der Waals surface area contributed by atoms with Crippen LogP contribution in [0.4, 0.5) is 0 Å². The normalized spacial score (nSPS) is 19.4. The number of ether oxygens (including phenoxy) is 1. The number of thioether (sulfide) groups is 1. The Balaban J connectivity index is 1.49. The van der Waals surface area contributed by atoms with E-state index < -0.39 is 10.0 Å². The average molecular weight is 440 g/mol. The molecule has 0 radical (unpaired) electrons. The van der Waals surface area contributed by atoms with Gasteiger partial charge < -0.3 is 10.1 Å². The number of allylic oxidation sites excluding steroid dienone is 1. The van der Waals surface area contributed by atoms with Crippen LogP contribution in [-0.4, -0.2) is 61.7 Å². The van der Waals surface area contributed by atoms with Gasteiger partial charge in [0, 0.05) is 25.8 Å². The van der Waals surface area contributed by atoms with Crippen LogP contribution in [0.5, 0.6) is 0 Å². The van der Waals surface area contributed by atoms with Gasteiger partial charge in [-0.1, -0.05) is 23.4 Å². The molecule has 1 N–H and O–H groups in total. The number of aromatic nitrogens is 1. The lowest BCUT2D eigenvalue weighted by molar-refractivity contribution is -0.120. The molecule has 1 fully saturated rings. The van der Waals surface area contributed by atoms with E-state index in [0.717, 1.165) is 19.3 Å². The fourth-order valence-corrected chi connectivity index (χ4v) is 5.55. The Kier molecular flexibility index (Phi) is 8.11. The lowest BCUT2D eigenvalue weighted by Gasteiger charge is -2.25. The zero-order chi connectivity index (χ0) is 20.7. The molecular weight excluding hydrogens is 410 g/mol.